The largest absolute Gasteiger partial charge is 0.445 e. The van der Waals surface area contributed by atoms with Crippen LogP contribution in [0, 0.1) is 0 Å². The summed E-state index contributed by atoms with van der Waals surface area (Å²) in [6.45, 7) is 13.7. The Morgan fingerprint density at radius 2 is 1.58 bits per heavy atom. The van der Waals surface area contributed by atoms with Crippen LogP contribution < -0.4 is 5.32 Å². The second kappa shape index (κ2) is 15.9. The number of ether oxygens (including phenoxy) is 2. The fraction of sp³-hybridized carbons (Fsp3) is 0.389. The monoisotopic (exact) mass is 586 g/mol. The van der Waals surface area contributed by atoms with E-state index in [1.54, 1.807) is 20.8 Å². The lowest BCUT2D eigenvalue weighted by atomic mass is 9.98. The highest BCUT2D eigenvalue weighted by Crippen LogP contribution is 2.19. The lowest BCUT2D eigenvalue weighted by Crippen LogP contribution is -2.51. The van der Waals surface area contributed by atoms with Crippen LogP contribution >= 0.6 is 0 Å². The number of hydrogen-bond acceptors (Lipinski definition) is 5. The standard InChI is InChI=1S/C36H46N2O5/c1-7-13-27-16-11-17-29(20-27)22-32(37-34(40)43-36(4,5)6)33(39)24-38(23-30-18-12-19-31(21-30)26(2)3)35(41)42-25-28-14-9-8-10-15-28/h7-12,14-21,26,32-33,39H,1,13,22-25H2,2-6H3,(H,37,40)/t32-,33-/m0/s1. The number of nitrogens with one attached hydrogen (secondary N) is 1. The molecular formula is C36H46N2O5. The molecule has 7 nitrogen and oxygen atoms in total. The average Bonchev–Trinajstić information content (AvgIpc) is 2.95. The van der Waals surface area contributed by atoms with Crippen LogP contribution in [0.3, 0.4) is 0 Å². The van der Waals surface area contributed by atoms with E-state index < -0.39 is 29.9 Å². The summed E-state index contributed by atoms with van der Waals surface area (Å²) in [5.41, 5.74) is 4.24. The number of aliphatic hydroxyl groups is 1. The van der Waals surface area contributed by atoms with Gasteiger partial charge in [-0.2, -0.15) is 0 Å². The molecular weight excluding hydrogens is 540 g/mol. The quantitative estimate of drug-likeness (QED) is 0.207. The normalized spacial score (nSPS) is 12.7. The molecule has 0 saturated carbocycles. The summed E-state index contributed by atoms with van der Waals surface area (Å²) in [5, 5.41) is 14.4. The number of allylic oxidation sites excluding steroid dienone is 1. The highest BCUT2D eigenvalue weighted by Gasteiger charge is 2.29. The van der Waals surface area contributed by atoms with Gasteiger partial charge in [0.15, 0.2) is 0 Å². The molecule has 0 heterocycles. The minimum absolute atomic E-state index is 0.0632. The van der Waals surface area contributed by atoms with Crippen molar-refractivity contribution in [3.63, 3.8) is 0 Å². The minimum atomic E-state index is -1.12. The Balaban J connectivity index is 1.86. The van der Waals surface area contributed by atoms with E-state index in [0.29, 0.717) is 18.8 Å². The lowest BCUT2D eigenvalue weighted by molar-refractivity contribution is 0.0327. The molecule has 0 unspecified atom stereocenters. The van der Waals surface area contributed by atoms with E-state index in [1.165, 1.54) is 4.90 Å². The van der Waals surface area contributed by atoms with Gasteiger partial charge in [0.25, 0.3) is 0 Å². The molecule has 0 aromatic heterocycles. The zero-order chi connectivity index (χ0) is 31.4. The molecule has 0 fully saturated rings. The van der Waals surface area contributed by atoms with Gasteiger partial charge in [-0.25, -0.2) is 9.59 Å². The van der Waals surface area contributed by atoms with E-state index >= 15 is 0 Å². The number of rotatable bonds is 13. The van der Waals surface area contributed by atoms with Crippen molar-refractivity contribution in [2.45, 2.75) is 84.3 Å². The van der Waals surface area contributed by atoms with Crippen molar-refractivity contribution in [2.75, 3.05) is 6.54 Å². The maximum absolute atomic E-state index is 13.5. The van der Waals surface area contributed by atoms with Gasteiger partial charge >= 0.3 is 12.2 Å². The third-order valence-corrected chi connectivity index (χ3v) is 6.86. The molecule has 43 heavy (non-hydrogen) atoms. The number of carbonyl (C=O) groups is 2. The van der Waals surface area contributed by atoms with E-state index in [4.69, 9.17) is 9.47 Å². The molecule has 2 N–H and O–H groups in total. The molecule has 0 radical (unpaired) electrons. The molecule has 0 bridgehead atoms. The van der Waals surface area contributed by atoms with Crippen LogP contribution in [-0.2, 0) is 35.5 Å². The Morgan fingerprint density at radius 1 is 0.930 bits per heavy atom. The number of aliphatic hydroxyl groups excluding tert-OH is 1. The number of amides is 2. The highest BCUT2D eigenvalue weighted by molar-refractivity contribution is 5.69. The second-order valence-corrected chi connectivity index (χ2v) is 12.2. The Hall–Kier alpha value is -4.10. The summed E-state index contributed by atoms with van der Waals surface area (Å²) in [4.78, 5) is 27.8. The zero-order valence-electron chi connectivity index (χ0n) is 26.1. The lowest BCUT2D eigenvalue weighted by Gasteiger charge is -2.31. The number of alkyl carbamates (subject to hydrolysis) is 1. The van der Waals surface area contributed by atoms with Gasteiger partial charge in [0, 0.05) is 6.54 Å². The first-order valence-corrected chi connectivity index (χ1v) is 14.8. The first-order chi connectivity index (χ1) is 20.4. The Bertz CT molecular complexity index is 1330. The van der Waals surface area contributed by atoms with Crippen molar-refractivity contribution in [3.8, 4) is 0 Å². The van der Waals surface area contributed by atoms with Crippen molar-refractivity contribution in [2.24, 2.45) is 0 Å². The van der Waals surface area contributed by atoms with Crippen LogP contribution in [0.1, 0.15) is 68.4 Å². The van der Waals surface area contributed by atoms with Crippen LogP contribution in [-0.4, -0.2) is 46.5 Å². The predicted octanol–water partition coefficient (Wildman–Crippen LogP) is 7.17. The minimum Gasteiger partial charge on any atom is -0.445 e. The van der Waals surface area contributed by atoms with Gasteiger partial charge < -0.3 is 24.8 Å². The van der Waals surface area contributed by atoms with E-state index in [-0.39, 0.29) is 19.7 Å². The summed E-state index contributed by atoms with van der Waals surface area (Å²) >= 11 is 0. The molecule has 0 aliphatic rings. The van der Waals surface area contributed by atoms with E-state index in [2.05, 4.69) is 37.9 Å². The third-order valence-electron chi connectivity index (χ3n) is 6.86. The average molecular weight is 587 g/mol. The number of hydrogen-bond donors (Lipinski definition) is 2. The summed E-state index contributed by atoms with van der Waals surface area (Å²) < 4.78 is 11.2. The smallest absolute Gasteiger partial charge is 0.410 e. The summed E-state index contributed by atoms with van der Waals surface area (Å²) in [6.07, 6.45) is 0.562. The zero-order valence-corrected chi connectivity index (χ0v) is 26.1. The predicted molar refractivity (Wildman–Crippen MR) is 171 cm³/mol. The van der Waals surface area contributed by atoms with E-state index in [0.717, 1.165) is 27.8 Å². The Kier molecular flexibility index (Phi) is 12.4. The maximum Gasteiger partial charge on any atom is 0.410 e. The molecule has 230 valence electrons. The molecule has 3 aromatic rings. The molecule has 3 rings (SSSR count). The topological polar surface area (TPSA) is 88.1 Å². The van der Waals surface area contributed by atoms with Gasteiger partial charge in [-0.15, -0.1) is 6.58 Å². The SMILES string of the molecule is C=CCc1cccc(C[C@H](NC(=O)OC(C)(C)C)[C@@H](O)CN(Cc2cccc(C(C)C)c2)C(=O)OCc2ccccc2)c1. The highest BCUT2D eigenvalue weighted by atomic mass is 16.6. The van der Waals surface area contributed by atoms with Gasteiger partial charge in [0.2, 0.25) is 0 Å². The van der Waals surface area contributed by atoms with E-state index in [9.17, 15) is 14.7 Å². The fourth-order valence-corrected chi connectivity index (χ4v) is 4.68. The summed E-state index contributed by atoms with van der Waals surface area (Å²) in [5.74, 6) is 0.322. The van der Waals surface area contributed by atoms with Gasteiger partial charge in [-0.05, 0) is 67.3 Å². The van der Waals surface area contributed by atoms with Crippen molar-refractivity contribution < 1.29 is 24.2 Å². The van der Waals surface area contributed by atoms with Gasteiger partial charge in [0.05, 0.1) is 18.7 Å². The van der Waals surface area contributed by atoms with Crippen LogP contribution in [0.5, 0.6) is 0 Å². The van der Waals surface area contributed by atoms with Gasteiger partial charge in [0.1, 0.15) is 12.2 Å². The summed E-state index contributed by atoms with van der Waals surface area (Å²) in [7, 11) is 0. The Morgan fingerprint density at radius 3 is 2.26 bits per heavy atom. The summed E-state index contributed by atoms with van der Waals surface area (Å²) in [6, 6.07) is 24.7. The maximum atomic E-state index is 13.5. The Labute approximate surface area is 256 Å². The first kappa shape index (κ1) is 33.4. The second-order valence-electron chi connectivity index (χ2n) is 12.2. The number of nitrogens with zero attached hydrogens (tertiary/aromatic N) is 1. The van der Waals surface area contributed by atoms with Crippen LogP contribution in [0.15, 0.2) is 91.5 Å². The molecule has 0 spiro atoms. The molecule has 0 aliphatic heterocycles. The third kappa shape index (κ3) is 11.6. The van der Waals surface area contributed by atoms with Crippen molar-refractivity contribution in [1.29, 1.82) is 0 Å². The number of benzene rings is 3. The van der Waals surface area contributed by atoms with Crippen LogP contribution in [0.25, 0.3) is 0 Å². The molecule has 0 aliphatic carbocycles. The van der Waals surface area contributed by atoms with Gasteiger partial charge in [-0.3, -0.25) is 0 Å². The molecule has 7 heteroatoms. The van der Waals surface area contributed by atoms with Crippen molar-refractivity contribution in [1.82, 2.24) is 10.2 Å². The van der Waals surface area contributed by atoms with Gasteiger partial charge in [-0.1, -0.05) is 98.8 Å². The first-order valence-electron chi connectivity index (χ1n) is 14.8. The fourth-order valence-electron chi connectivity index (χ4n) is 4.68. The molecule has 3 aromatic carbocycles. The van der Waals surface area contributed by atoms with Crippen LogP contribution in [0.2, 0.25) is 0 Å². The molecule has 2 amide bonds. The van der Waals surface area contributed by atoms with Crippen molar-refractivity contribution >= 4 is 12.2 Å². The van der Waals surface area contributed by atoms with Crippen molar-refractivity contribution in [3.05, 3.63) is 119 Å². The van der Waals surface area contributed by atoms with E-state index in [1.807, 2.05) is 72.8 Å². The molecule has 2 atom stereocenters. The van der Waals surface area contributed by atoms with Crippen LogP contribution in [0.4, 0.5) is 9.59 Å². The molecule has 0 saturated heterocycles. The number of carbonyl (C=O) groups excluding carboxylic acids is 2.